The summed E-state index contributed by atoms with van der Waals surface area (Å²) in [5, 5.41) is 3.73. The predicted molar refractivity (Wildman–Crippen MR) is 67.5 cm³/mol. The van der Waals surface area contributed by atoms with Crippen LogP contribution in [-0.4, -0.2) is 18.4 Å². The van der Waals surface area contributed by atoms with Gasteiger partial charge in [0.2, 0.25) is 0 Å². The van der Waals surface area contributed by atoms with Gasteiger partial charge in [0.25, 0.3) is 0 Å². The Labute approximate surface area is 118 Å². The monoisotopic (exact) mass is 326 g/mol. The van der Waals surface area contributed by atoms with Crippen LogP contribution >= 0.6 is 34.8 Å². The van der Waals surface area contributed by atoms with Crippen molar-refractivity contribution in [3.8, 4) is 0 Å². The first-order valence-electron chi connectivity index (χ1n) is 4.49. The zero-order valence-corrected chi connectivity index (χ0v) is 11.6. The molecule has 1 aromatic carbocycles. The largest absolute Gasteiger partial charge is 0.359 e. The van der Waals surface area contributed by atoms with Crippen molar-refractivity contribution in [2.75, 3.05) is 0 Å². The molecule has 0 unspecified atom stereocenters. The molecule has 0 amide bonds. The van der Waals surface area contributed by atoms with E-state index in [1.807, 2.05) is 0 Å². The molecule has 2 aromatic rings. The number of halogens is 3. The molecular weight excluding hydrogens is 323 g/mol. The molecule has 18 heavy (non-hydrogen) atoms. The number of hydrogen-bond acceptors (Lipinski definition) is 4. The van der Waals surface area contributed by atoms with Gasteiger partial charge in [-0.3, -0.25) is 4.28 Å². The molecule has 0 spiro atoms. The van der Waals surface area contributed by atoms with E-state index < -0.39 is 10.1 Å². The van der Waals surface area contributed by atoms with Crippen molar-refractivity contribution in [2.45, 2.75) is 4.90 Å². The minimum atomic E-state index is -4.13. The summed E-state index contributed by atoms with van der Waals surface area (Å²) in [5.41, 5.74) is 0. The van der Waals surface area contributed by atoms with E-state index in [-0.39, 0.29) is 20.0 Å². The second kappa shape index (κ2) is 4.97. The van der Waals surface area contributed by atoms with Gasteiger partial charge in [0.1, 0.15) is 4.90 Å². The molecule has 0 atom stereocenters. The molecule has 9 heteroatoms. The quantitative estimate of drug-likeness (QED) is 0.813. The van der Waals surface area contributed by atoms with E-state index in [4.69, 9.17) is 39.1 Å². The second-order valence-electron chi connectivity index (χ2n) is 3.13. The summed E-state index contributed by atoms with van der Waals surface area (Å²) in [6, 6.07) is 3.85. The van der Waals surface area contributed by atoms with Crippen molar-refractivity contribution in [1.82, 2.24) is 9.94 Å². The highest BCUT2D eigenvalue weighted by molar-refractivity contribution is 7.87. The first kappa shape index (κ1) is 13.5. The molecule has 1 aromatic heterocycles. The van der Waals surface area contributed by atoms with Crippen LogP contribution in [0, 0.1) is 0 Å². The molecule has 0 aliphatic heterocycles. The Balaban J connectivity index is 2.44. The Kier molecular flexibility index (Phi) is 3.72. The minimum absolute atomic E-state index is 0.0590. The average molecular weight is 328 g/mol. The highest BCUT2D eigenvalue weighted by Crippen LogP contribution is 2.31. The molecular formula is C9H5Cl3N2O3S. The fraction of sp³-hybridized carbons (Fsp3) is 0. The summed E-state index contributed by atoms with van der Waals surface area (Å²) in [4.78, 5) is 0.503. The Bertz CT molecular complexity index is 671. The lowest BCUT2D eigenvalue weighted by molar-refractivity contribution is 0.240. The van der Waals surface area contributed by atoms with E-state index in [0.29, 0.717) is 0 Å². The van der Waals surface area contributed by atoms with Crippen molar-refractivity contribution >= 4 is 44.9 Å². The molecule has 1 heterocycles. The van der Waals surface area contributed by atoms with Crippen LogP contribution in [0.3, 0.4) is 0 Å². The van der Waals surface area contributed by atoms with Crippen molar-refractivity contribution in [2.24, 2.45) is 0 Å². The summed E-state index contributed by atoms with van der Waals surface area (Å²) in [6.07, 6.45) is 2.69. The highest BCUT2D eigenvalue weighted by Gasteiger charge is 2.22. The summed E-state index contributed by atoms with van der Waals surface area (Å²) in [7, 11) is -4.13. The van der Waals surface area contributed by atoms with Crippen LogP contribution in [0.4, 0.5) is 0 Å². The van der Waals surface area contributed by atoms with E-state index in [9.17, 15) is 8.42 Å². The van der Waals surface area contributed by atoms with Gasteiger partial charge >= 0.3 is 10.1 Å². The van der Waals surface area contributed by atoms with Gasteiger partial charge in [-0.15, -0.1) is 5.10 Å². The van der Waals surface area contributed by atoms with Gasteiger partial charge in [-0.05, 0) is 18.2 Å². The summed E-state index contributed by atoms with van der Waals surface area (Å²) < 4.78 is 28.5. The number of rotatable bonds is 3. The third-order valence-corrected chi connectivity index (χ3v) is 4.27. The molecule has 0 fully saturated rings. The zero-order valence-electron chi connectivity index (χ0n) is 8.55. The van der Waals surface area contributed by atoms with Gasteiger partial charge in [0.05, 0.1) is 27.5 Å². The topological polar surface area (TPSA) is 61.2 Å². The average Bonchev–Trinajstić information content (AvgIpc) is 2.75. The van der Waals surface area contributed by atoms with E-state index in [0.717, 1.165) is 10.9 Å². The molecule has 0 N–H and O–H groups in total. The van der Waals surface area contributed by atoms with Crippen molar-refractivity contribution in [3.05, 3.63) is 45.7 Å². The number of hydrogen-bond donors (Lipinski definition) is 0. The normalized spacial score (nSPS) is 11.5. The fourth-order valence-electron chi connectivity index (χ4n) is 1.14. The zero-order chi connectivity index (χ0) is 13.3. The van der Waals surface area contributed by atoms with Crippen LogP contribution in [0.15, 0.2) is 35.5 Å². The van der Waals surface area contributed by atoms with Crippen molar-refractivity contribution < 1.29 is 12.7 Å². The third-order valence-electron chi connectivity index (χ3n) is 1.90. The SMILES string of the molecule is O=S(=O)(On1cccn1)c1cc(Cl)c(Cl)cc1Cl. The molecule has 0 radical (unpaired) electrons. The second-order valence-corrected chi connectivity index (χ2v) is 5.85. The maximum absolute atomic E-state index is 11.9. The highest BCUT2D eigenvalue weighted by atomic mass is 35.5. The number of aromatic nitrogens is 2. The standard InChI is InChI=1S/C9H5Cl3N2O3S/c10-6-4-8(12)9(5-7(6)11)18(15,16)17-14-3-1-2-13-14/h1-5H. The predicted octanol–water partition coefficient (Wildman–Crippen LogP) is 2.66. The number of benzene rings is 1. The van der Waals surface area contributed by atoms with E-state index >= 15 is 0 Å². The smallest absolute Gasteiger partial charge is 0.266 e. The van der Waals surface area contributed by atoms with E-state index in [1.165, 1.54) is 24.5 Å². The number of nitrogens with zero attached hydrogens (tertiary/aromatic N) is 2. The first-order chi connectivity index (χ1) is 8.40. The fourth-order valence-corrected chi connectivity index (χ4v) is 2.96. The Hall–Kier alpha value is -0.950. The molecule has 0 saturated carbocycles. The van der Waals surface area contributed by atoms with Gasteiger partial charge in [0, 0.05) is 0 Å². The van der Waals surface area contributed by atoms with Crippen LogP contribution in [0.25, 0.3) is 0 Å². The lowest BCUT2D eigenvalue weighted by atomic mass is 10.4. The maximum atomic E-state index is 11.9. The molecule has 2 rings (SSSR count). The Morgan fingerprint density at radius 2 is 1.78 bits per heavy atom. The van der Waals surface area contributed by atoms with Gasteiger partial charge in [-0.25, -0.2) is 0 Å². The Morgan fingerprint density at radius 3 is 2.39 bits per heavy atom. The lowest BCUT2D eigenvalue weighted by Crippen LogP contribution is -2.21. The molecule has 96 valence electrons. The molecule has 0 bridgehead atoms. The van der Waals surface area contributed by atoms with Crippen molar-refractivity contribution in [3.63, 3.8) is 0 Å². The van der Waals surface area contributed by atoms with E-state index in [2.05, 4.69) is 5.10 Å². The summed E-state index contributed by atoms with van der Waals surface area (Å²) in [6.45, 7) is 0. The van der Waals surface area contributed by atoms with Crippen LogP contribution < -0.4 is 4.28 Å². The Morgan fingerprint density at radius 1 is 1.11 bits per heavy atom. The summed E-state index contributed by atoms with van der Waals surface area (Å²) in [5.74, 6) is 0. The molecule has 0 aliphatic carbocycles. The molecule has 5 nitrogen and oxygen atoms in total. The van der Waals surface area contributed by atoms with Crippen LogP contribution in [-0.2, 0) is 10.1 Å². The van der Waals surface area contributed by atoms with Gasteiger partial charge in [0.15, 0.2) is 0 Å². The molecule has 0 saturated heterocycles. The maximum Gasteiger partial charge on any atom is 0.359 e. The van der Waals surface area contributed by atoms with Crippen LogP contribution in [0.5, 0.6) is 0 Å². The van der Waals surface area contributed by atoms with Crippen molar-refractivity contribution in [1.29, 1.82) is 0 Å². The van der Waals surface area contributed by atoms with Crippen LogP contribution in [0.2, 0.25) is 15.1 Å². The minimum Gasteiger partial charge on any atom is -0.266 e. The third kappa shape index (κ3) is 2.72. The molecule has 0 aliphatic rings. The van der Waals surface area contributed by atoms with Crippen LogP contribution in [0.1, 0.15) is 0 Å². The van der Waals surface area contributed by atoms with E-state index in [1.54, 1.807) is 0 Å². The first-order valence-corrected chi connectivity index (χ1v) is 7.03. The van der Waals surface area contributed by atoms with Gasteiger partial charge in [-0.2, -0.15) is 8.42 Å². The van der Waals surface area contributed by atoms with Gasteiger partial charge in [-0.1, -0.05) is 39.6 Å². The van der Waals surface area contributed by atoms with Gasteiger partial charge < -0.3 is 0 Å². The summed E-state index contributed by atoms with van der Waals surface area (Å²) >= 11 is 17.2. The lowest BCUT2D eigenvalue weighted by Gasteiger charge is -2.08.